The number of alkyl carbamates (subject to hydrolysis) is 1. The van der Waals surface area contributed by atoms with Gasteiger partial charge in [0.25, 0.3) is 11.8 Å². The summed E-state index contributed by atoms with van der Waals surface area (Å²) in [6, 6.07) is 2.47. The van der Waals surface area contributed by atoms with Gasteiger partial charge in [0.05, 0.1) is 37.8 Å². The summed E-state index contributed by atoms with van der Waals surface area (Å²) < 4.78 is 85.3. The standard InChI is InChI=1S/C43H59F2N5O11S/c1-9-59-33-22-46-36(30-15-14-28(58-8)19-31(30)33)60-29-20-32-35(51)48-43(38(53)49-62(55,56)41(5)16-17-41)21-27(43)13-11-10-12-25(2)18-26(24-57-7)34(37(52)50(32)23-29)47-39(54)61-40(3,4)42(6,44)45/h11,13-15,19,22,25-27,29,32,34H,9-10,12,16-18,20-21,23-24H2,1-8H3,(H,47,54)(H,48,51)(H,49,53)/b13-11-/t25-,26-,27-,29+,32-,34-,43-/m0/s1. The molecule has 3 heterocycles. The van der Waals surface area contributed by atoms with Crippen LogP contribution in [0.1, 0.15) is 86.5 Å². The molecule has 2 saturated carbocycles. The number of ether oxygens (including phenoxy) is 5. The van der Waals surface area contributed by atoms with E-state index in [1.54, 1.807) is 31.2 Å². The molecule has 0 spiro atoms. The molecule has 4 aliphatic rings. The van der Waals surface area contributed by atoms with E-state index < -0.39 is 85.7 Å². The molecular weight excluding hydrogens is 833 g/mol. The number of carbonyl (C=O) groups is 4. The molecular formula is C43H59F2N5O11S. The number of alkyl halides is 2. The third kappa shape index (κ3) is 9.72. The van der Waals surface area contributed by atoms with Crippen molar-refractivity contribution >= 4 is 44.6 Å². The summed E-state index contributed by atoms with van der Waals surface area (Å²) in [5.41, 5.74) is -3.91. The molecule has 342 valence electrons. The highest BCUT2D eigenvalue weighted by atomic mass is 32.2. The highest BCUT2D eigenvalue weighted by Gasteiger charge is 2.63. The van der Waals surface area contributed by atoms with Crippen LogP contribution in [-0.2, 0) is 33.9 Å². The summed E-state index contributed by atoms with van der Waals surface area (Å²) in [4.78, 5) is 63.1. The predicted molar refractivity (Wildman–Crippen MR) is 223 cm³/mol. The van der Waals surface area contributed by atoms with Crippen molar-refractivity contribution in [2.45, 2.75) is 126 Å². The van der Waals surface area contributed by atoms with E-state index in [9.17, 15) is 31.6 Å². The molecule has 7 atom stereocenters. The van der Waals surface area contributed by atoms with Crippen LogP contribution in [0.2, 0.25) is 0 Å². The number of methoxy groups -OCH3 is 2. The molecule has 16 nitrogen and oxygen atoms in total. The number of nitrogens with one attached hydrogen (secondary N) is 3. The molecule has 3 N–H and O–H groups in total. The van der Waals surface area contributed by atoms with Crippen LogP contribution >= 0.6 is 0 Å². The highest BCUT2D eigenvalue weighted by molar-refractivity contribution is 7.91. The Hall–Kier alpha value is -4.78. The molecule has 2 aliphatic heterocycles. The van der Waals surface area contributed by atoms with Gasteiger partial charge in [-0.3, -0.25) is 19.1 Å². The molecule has 19 heteroatoms. The maximum atomic E-state index is 15.1. The van der Waals surface area contributed by atoms with Gasteiger partial charge in [-0.05, 0) is 90.3 Å². The predicted octanol–water partition coefficient (Wildman–Crippen LogP) is 5.03. The molecule has 0 unspecified atom stereocenters. The van der Waals surface area contributed by atoms with Gasteiger partial charge < -0.3 is 39.2 Å². The molecule has 1 saturated heterocycles. The number of pyridine rings is 1. The zero-order chi connectivity index (χ0) is 45.4. The summed E-state index contributed by atoms with van der Waals surface area (Å²) in [6.07, 6.45) is 5.27. The van der Waals surface area contributed by atoms with Crippen molar-refractivity contribution < 1.29 is 60.1 Å². The minimum atomic E-state index is -4.08. The first kappa shape index (κ1) is 46.7. The fourth-order valence-corrected chi connectivity index (χ4v) is 9.40. The number of rotatable bonds is 13. The lowest BCUT2D eigenvalue weighted by Gasteiger charge is -2.35. The molecule has 6 rings (SSSR count). The average molecular weight is 892 g/mol. The zero-order valence-corrected chi connectivity index (χ0v) is 37.4. The first-order valence-electron chi connectivity index (χ1n) is 21.1. The van der Waals surface area contributed by atoms with Gasteiger partial charge >= 0.3 is 6.09 Å². The number of carbonyl (C=O) groups excluding carboxylic acids is 4. The molecule has 62 heavy (non-hydrogen) atoms. The van der Waals surface area contributed by atoms with Crippen molar-refractivity contribution in [2.24, 2.45) is 17.8 Å². The van der Waals surface area contributed by atoms with Crippen LogP contribution in [0, 0.1) is 17.8 Å². The monoisotopic (exact) mass is 891 g/mol. The third-order valence-corrected chi connectivity index (χ3v) is 14.9. The Morgan fingerprint density at radius 3 is 2.47 bits per heavy atom. The van der Waals surface area contributed by atoms with E-state index in [0.29, 0.717) is 67.9 Å². The summed E-state index contributed by atoms with van der Waals surface area (Å²) >= 11 is 0. The number of fused-ring (bicyclic) bond motifs is 3. The van der Waals surface area contributed by atoms with Crippen LogP contribution in [0.5, 0.6) is 17.4 Å². The normalized spacial score (nSPS) is 28.3. The van der Waals surface area contributed by atoms with E-state index in [1.165, 1.54) is 25.3 Å². The Balaban J connectivity index is 1.39. The molecule has 2 aromatic rings. The van der Waals surface area contributed by atoms with E-state index >= 15 is 4.79 Å². The Kier molecular flexibility index (Phi) is 13.4. The molecule has 1 aromatic heterocycles. The van der Waals surface area contributed by atoms with Crippen LogP contribution < -0.4 is 29.6 Å². The van der Waals surface area contributed by atoms with E-state index in [-0.39, 0.29) is 37.8 Å². The third-order valence-electron chi connectivity index (χ3n) is 12.7. The fourth-order valence-electron chi connectivity index (χ4n) is 8.09. The summed E-state index contributed by atoms with van der Waals surface area (Å²) in [7, 11) is -1.12. The van der Waals surface area contributed by atoms with Crippen LogP contribution in [0.4, 0.5) is 13.6 Å². The van der Waals surface area contributed by atoms with E-state index in [1.807, 2.05) is 19.9 Å². The van der Waals surface area contributed by atoms with Gasteiger partial charge in [0.1, 0.15) is 35.2 Å². The molecule has 0 bridgehead atoms. The van der Waals surface area contributed by atoms with Crippen molar-refractivity contribution in [1.82, 2.24) is 25.2 Å². The van der Waals surface area contributed by atoms with Crippen molar-refractivity contribution in [3.63, 3.8) is 0 Å². The first-order chi connectivity index (χ1) is 29.1. The van der Waals surface area contributed by atoms with Gasteiger partial charge in [-0.15, -0.1) is 0 Å². The lowest BCUT2D eigenvalue weighted by atomic mass is 9.87. The van der Waals surface area contributed by atoms with Gasteiger partial charge in [-0.1, -0.05) is 19.1 Å². The smallest absolute Gasteiger partial charge is 0.408 e. The minimum absolute atomic E-state index is 0.0286. The lowest BCUT2D eigenvalue weighted by Crippen LogP contribution is -2.60. The van der Waals surface area contributed by atoms with Gasteiger partial charge in [0.15, 0.2) is 5.60 Å². The Morgan fingerprint density at radius 1 is 1.10 bits per heavy atom. The maximum absolute atomic E-state index is 15.1. The van der Waals surface area contributed by atoms with Gasteiger partial charge in [0.2, 0.25) is 27.7 Å². The van der Waals surface area contributed by atoms with E-state index in [2.05, 4.69) is 20.3 Å². The molecule has 3 fully saturated rings. The quantitative estimate of drug-likeness (QED) is 0.227. The minimum Gasteiger partial charge on any atom is -0.497 e. The van der Waals surface area contributed by atoms with Crippen LogP contribution in [-0.4, -0.2) is 116 Å². The largest absolute Gasteiger partial charge is 0.497 e. The number of allylic oxidation sites excluding steroid dienone is 1. The fraction of sp³-hybridized carbons (Fsp3) is 0.651. The van der Waals surface area contributed by atoms with Gasteiger partial charge in [-0.25, -0.2) is 27.0 Å². The Labute approximate surface area is 361 Å². The zero-order valence-electron chi connectivity index (χ0n) is 36.5. The van der Waals surface area contributed by atoms with Crippen molar-refractivity contribution in [1.29, 1.82) is 0 Å². The molecule has 4 amide bonds. The van der Waals surface area contributed by atoms with Crippen molar-refractivity contribution in [2.75, 3.05) is 34.0 Å². The molecule has 1 aromatic carbocycles. The molecule has 2 aliphatic carbocycles. The lowest BCUT2D eigenvalue weighted by molar-refractivity contribution is -0.152. The number of amides is 4. The van der Waals surface area contributed by atoms with Gasteiger partial charge in [-0.2, -0.15) is 0 Å². The maximum Gasteiger partial charge on any atom is 0.408 e. The number of benzene rings is 1. The summed E-state index contributed by atoms with van der Waals surface area (Å²) in [5, 5.41) is 6.58. The van der Waals surface area contributed by atoms with Crippen LogP contribution in [0.15, 0.2) is 36.5 Å². The van der Waals surface area contributed by atoms with E-state index in [0.717, 1.165) is 13.8 Å². The van der Waals surface area contributed by atoms with Crippen LogP contribution in [0.25, 0.3) is 10.8 Å². The van der Waals surface area contributed by atoms with Crippen LogP contribution in [0.3, 0.4) is 0 Å². The number of aromatic nitrogens is 1. The topological polar surface area (TPSA) is 201 Å². The first-order valence-corrected chi connectivity index (χ1v) is 22.5. The second-order valence-corrected chi connectivity index (χ2v) is 20.1. The Morgan fingerprint density at radius 2 is 1.82 bits per heavy atom. The molecule has 0 radical (unpaired) electrons. The average Bonchev–Trinajstić information content (AvgIpc) is 4.08. The summed E-state index contributed by atoms with van der Waals surface area (Å²) in [6.45, 7) is 8.19. The second-order valence-electron chi connectivity index (χ2n) is 17.9. The summed E-state index contributed by atoms with van der Waals surface area (Å²) in [5.74, 6) is -5.98. The number of hydrogen-bond donors (Lipinski definition) is 3. The number of nitrogens with zero attached hydrogens (tertiary/aromatic N) is 2. The second kappa shape index (κ2) is 17.8. The number of hydrogen-bond acceptors (Lipinski definition) is 12. The highest BCUT2D eigenvalue weighted by Crippen LogP contribution is 2.48. The van der Waals surface area contributed by atoms with Crippen molar-refractivity contribution in [3.8, 4) is 17.4 Å². The van der Waals surface area contributed by atoms with E-state index in [4.69, 9.17) is 23.7 Å². The Bertz CT molecular complexity index is 2180. The number of sulfonamides is 1. The SMILES string of the molecule is CCOc1cnc(O[C@@H]2C[C@H]3C(=O)N[C@@]4(C(=O)NS(=O)(=O)C5(C)CC5)C[C@@H]4/C=C\CC[C@H](C)C[C@@H](COC)[C@H](NC(=O)OC(C)(C)C(C)(F)F)C(=O)N3C2)c2ccc(OC)cc12. The van der Waals surface area contributed by atoms with Crippen molar-refractivity contribution in [3.05, 3.63) is 36.5 Å². The van der Waals surface area contributed by atoms with Gasteiger partial charge in [0, 0.05) is 43.1 Å². The number of halogens is 2.